The van der Waals surface area contributed by atoms with Gasteiger partial charge in [0.05, 0.1) is 6.20 Å². The van der Waals surface area contributed by atoms with Crippen LogP contribution in [0.15, 0.2) is 22.9 Å². The highest BCUT2D eigenvalue weighted by Gasteiger charge is 2.25. The minimum Gasteiger partial charge on any atom is -0.361 e. The second-order valence-electron chi connectivity index (χ2n) is 6.87. The van der Waals surface area contributed by atoms with Gasteiger partial charge in [-0.2, -0.15) is 0 Å². The second kappa shape index (κ2) is 7.31. The molecule has 2 saturated heterocycles. The number of rotatable bonds is 3. The van der Waals surface area contributed by atoms with Gasteiger partial charge in [0, 0.05) is 39.3 Å². The van der Waals surface area contributed by atoms with Crippen LogP contribution in [0, 0.1) is 6.92 Å². The molecule has 0 saturated carbocycles. The Hall–Kier alpha value is -2.64. The highest BCUT2D eigenvalue weighted by atomic mass is 16.5. The number of piperazine rings is 1. The van der Waals surface area contributed by atoms with Crippen LogP contribution in [0.3, 0.4) is 0 Å². The van der Waals surface area contributed by atoms with E-state index in [1.165, 1.54) is 25.5 Å². The molecular formula is C18H24N6O2. The van der Waals surface area contributed by atoms with Crippen molar-refractivity contribution in [2.24, 2.45) is 0 Å². The highest BCUT2D eigenvalue weighted by Crippen LogP contribution is 2.20. The summed E-state index contributed by atoms with van der Waals surface area (Å²) in [6.45, 7) is 6.68. The molecule has 0 atom stereocenters. The normalized spacial score (nSPS) is 18.3. The Labute approximate surface area is 152 Å². The molecule has 8 heteroatoms. The average Bonchev–Trinajstić information content (AvgIpc) is 3.14. The topological polar surface area (TPSA) is 78.6 Å². The van der Waals surface area contributed by atoms with Gasteiger partial charge in [0.1, 0.15) is 11.3 Å². The maximum absolute atomic E-state index is 12.5. The van der Waals surface area contributed by atoms with Crippen molar-refractivity contribution in [1.29, 1.82) is 0 Å². The summed E-state index contributed by atoms with van der Waals surface area (Å²) in [7, 11) is 0. The summed E-state index contributed by atoms with van der Waals surface area (Å²) in [4.78, 5) is 18.8. The van der Waals surface area contributed by atoms with Gasteiger partial charge in [0.2, 0.25) is 0 Å². The second-order valence-corrected chi connectivity index (χ2v) is 6.87. The largest absolute Gasteiger partial charge is 0.361 e. The van der Waals surface area contributed by atoms with Crippen LogP contribution in [0.1, 0.15) is 35.4 Å². The number of carbonyl (C=O) groups excluding carboxylic acids is 1. The summed E-state index contributed by atoms with van der Waals surface area (Å²) >= 11 is 0. The van der Waals surface area contributed by atoms with Crippen molar-refractivity contribution in [3.05, 3.63) is 29.7 Å². The van der Waals surface area contributed by atoms with Crippen LogP contribution in [0.5, 0.6) is 0 Å². The Bertz CT molecular complexity index is 745. The van der Waals surface area contributed by atoms with E-state index in [4.69, 9.17) is 4.52 Å². The van der Waals surface area contributed by atoms with E-state index in [-0.39, 0.29) is 5.91 Å². The van der Waals surface area contributed by atoms with Gasteiger partial charge < -0.3 is 19.2 Å². The van der Waals surface area contributed by atoms with Crippen LogP contribution < -0.4 is 9.80 Å². The van der Waals surface area contributed by atoms with Gasteiger partial charge in [-0.15, -0.1) is 10.2 Å². The predicted molar refractivity (Wildman–Crippen MR) is 97.5 cm³/mol. The zero-order chi connectivity index (χ0) is 17.9. The number of aromatic nitrogens is 3. The number of hydrogen-bond acceptors (Lipinski definition) is 7. The molecule has 2 aliphatic rings. The van der Waals surface area contributed by atoms with Gasteiger partial charge in [0.15, 0.2) is 11.6 Å². The first-order chi connectivity index (χ1) is 12.7. The maximum atomic E-state index is 12.5. The van der Waals surface area contributed by atoms with E-state index in [1.807, 2.05) is 11.0 Å². The summed E-state index contributed by atoms with van der Waals surface area (Å²) in [5, 5.41) is 12.5. The van der Waals surface area contributed by atoms with E-state index in [2.05, 4.69) is 31.2 Å². The van der Waals surface area contributed by atoms with Crippen molar-refractivity contribution in [1.82, 2.24) is 20.3 Å². The lowest BCUT2D eigenvalue weighted by Gasteiger charge is -2.35. The molecule has 4 rings (SSSR count). The van der Waals surface area contributed by atoms with Crippen LogP contribution in [-0.2, 0) is 0 Å². The van der Waals surface area contributed by atoms with Gasteiger partial charge in [0.25, 0.3) is 5.91 Å². The summed E-state index contributed by atoms with van der Waals surface area (Å²) in [5.41, 5.74) is 0.545. The molecule has 138 valence electrons. The van der Waals surface area contributed by atoms with E-state index in [9.17, 15) is 4.79 Å². The Morgan fingerprint density at radius 2 is 1.54 bits per heavy atom. The third kappa shape index (κ3) is 3.36. The third-order valence-corrected chi connectivity index (χ3v) is 5.19. The van der Waals surface area contributed by atoms with Gasteiger partial charge in [-0.3, -0.25) is 4.79 Å². The van der Waals surface area contributed by atoms with Gasteiger partial charge in [-0.1, -0.05) is 5.16 Å². The molecule has 2 aromatic heterocycles. The van der Waals surface area contributed by atoms with E-state index in [1.54, 1.807) is 6.92 Å². The number of amides is 1. The molecule has 0 aliphatic carbocycles. The maximum Gasteiger partial charge on any atom is 0.259 e. The third-order valence-electron chi connectivity index (χ3n) is 5.19. The lowest BCUT2D eigenvalue weighted by Crippen LogP contribution is -2.49. The fraction of sp³-hybridized carbons (Fsp3) is 0.556. The first-order valence-corrected chi connectivity index (χ1v) is 9.26. The molecule has 1 amide bonds. The monoisotopic (exact) mass is 356 g/mol. The van der Waals surface area contributed by atoms with E-state index < -0.39 is 0 Å². The van der Waals surface area contributed by atoms with Crippen LogP contribution >= 0.6 is 0 Å². The van der Waals surface area contributed by atoms with Crippen LogP contribution in [-0.4, -0.2) is 65.4 Å². The minimum absolute atomic E-state index is 0.0186. The quantitative estimate of drug-likeness (QED) is 0.828. The molecule has 8 nitrogen and oxygen atoms in total. The highest BCUT2D eigenvalue weighted by molar-refractivity contribution is 5.94. The zero-order valence-corrected chi connectivity index (χ0v) is 15.1. The Morgan fingerprint density at radius 1 is 0.923 bits per heavy atom. The molecule has 0 unspecified atom stereocenters. The number of aryl methyl sites for hydroxylation is 1. The van der Waals surface area contributed by atoms with Crippen molar-refractivity contribution < 1.29 is 9.32 Å². The van der Waals surface area contributed by atoms with Crippen molar-refractivity contribution in [3.8, 4) is 0 Å². The molecule has 0 spiro atoms. The first-order valence-electron chi connectivity index (χ1n) is 9.26. The molecule has 0 bridgehead atoms. The minimum atomic E-state index is -0.0186. The average molecular weight is 356 g/mol. The summed E-state index contributed by atoms with van der Waals surface area (Å²) in [5.74, 6) is 2.38. The first kappa shape index (κ1) is 16.8. The zero-order valence-electron chi connectivity index (χ0n) is 15.1. The number of carbonyl (C=O) groups is 1. The lowest BCUT2D eigenvalue weighted by atomic mass is 10.1. The van der Waals surface area contributed by atoms with Gasteiger partial charge in [-0.25, -0.2) is 0 Å². The van der Waals surface area contributed by atoms with Gasteiger partial charge >= 0.3 is 0 Å². The lowest BCUT2D eigenvalue weighted by molar-refractivity contribution is 0.0744. The fourth-order valence-corrected chi connectivity index (χ4v) is 3.59. The predicted octanol–water partition coefficient (Wildman–Crippen LogP) is 1.73. The fourth-order valence-electron chi connectivity index (χ4n) is 3.59. The van der Waals surface area contributed by atoms with Gasteiger partial charge in [-0.05, 0) is 38.3 Å². The summed E-state index contributed by atoms with van der Waals surface area (Å²) in [6, 6.07) is 4.10. The molecule has 2 fully saturated rings. The number of hydrogen-bond donors (Lipinski definition) is 0. The van der Waals surface area contributed by atoms with E-state index in [0.717, 1.165) is 37.8 Å². The van der Waals surface area contributed by atoms with Crippen molar-refractivity contribution >= 4 is 17.5 Å². The summed E-state index contributed by atoms with van der Waals surface area (Å²) < 4.78 is 5.00. The standard InChI is InChI=1S/C18H24N6O2/c1-14-15(13-19-26-14)18(25)24-11-9-23(10-12-24)17-6-5-16(20-21-17)22-7-3-2-4-8-22/h5-6,13H,2-4,7-12H2,1H3. The van der Waals surface area contributed by atoms with Crippen LogP contribution in [0.25, 0.3) is 0 Å². The molecule has 0 N–H and O–H groups in total. The molecule has 26 heavy (non-hydrogen) atoms. The molecular weight excluding hydrogens is 332 g/mol. The number of nitrogens with zero attached hydrogens (tertiary/aromatic N) is 6. The smallest absolute Gasteiger partial charge is 0.259 e. The van der Waals surface area contributed by atoms with E-state index >= 15 is 0 Å². The molecule has 4 heterocycles. The number of anilines is 2. The molecule has 0 radical (unpaired) electrons. The SMILES string of the molecule is Cc1oncc1C(=O)N1CCN(c2ccc(N3CCCCC3)nn2)CC1. The molecule has 2 aliphatic heterocycles. The van der Waals surface area contributed by atoms with E-state index in [0.29, 0.717) is 24.4 Å². The summed E-state index contributed by atoms with van der Waals surface area (Å²) in [6.07, 6.45) is 5.25. The Morgan fingerprint density at radius 3 is 2.08 bits per heavy atom. The molecule has 2 aromatic rings. The van der Waals surface area contributed by atoms with Crippen molar-refractivity contribution in [2.75, 3.05) is 49.1 Å². The van der Waals surface area contributed by atoms with Crippen LogP contribution in [0.2, 0.25) is 0 Å². The molecule has 0 aromatic carbocycles. The van der Waals surface area contributed by atoms with Crippen LogP contribution in [0.4, 0.5) is 11.6 Å². The van der Waals surface area contributed by atoms with Crippen molar-refractivity contribution in [3.63, 3.8) is 0 Å². The Balaban J connectivity index is 1.35. The van der Waals surface area contributed by atoms with Crippen molar-refractivity contribution in [2.45, 2.75) is 26.2 Å². The Kier molecular flexibility index (Phi) is 4.73. The number of piperidine rings is 1.